The van der Waals surface area contributed by atoms with Crippen LogP contribution in [-0.4, -0.2) is 16.4 Å². The topological polar surface area (TPSA) is 24.9 Å². The molecule has 17 heavy (non-hydrogen) atoms. The van der Waals surface area contributed by atoms with Gasteiger partial charge >= 0.3 is 0 Å². The van der Waals surface area contributed by atoms with Crippen molar-refractivity contribution in [2.75, 3.05) is 5.33 Å². The summed E-state index contributed by atoms with van der Waals surface area (Å²) in [6.07, 6.45) is 2.99. The maximum Gasteiger partial charge on any atom is 0.0746 e. The highest BCUT2D eigenvalue weighted by atomic mass is 79.9. The molecule has 1 unspecified atom stereocenters. The first kappa shape index (κ1) is 12.5. The van der Waals surface area contributed by atoms with E-state index in [4.69, 9.17) is 0 Å². The van der Waals surface area contributed by atoms with Crippen molar-refractivity contribution in [1.82, 2.24) is 10.3 Å². The van der Waals surface area contributed by atoms with Gasteiger partial charge in [-0.1, -0.05) is 40.2 Å². The minimum atomic E-state index is 0.522. The molecule has 2 nitrogen and oxygen atoms in total. The number of fused-ring (bicyclic) bond motifs is 1. The average molecular weight is 293 g/mol. The molecule has 0 saturated heterocycles. The molecule has 2 rings (SSSR count). The largest absolute Gasteiger partial charge is 0.310 e. The Morgan fingerprint density at radius 3 is 2.94 bits per heavy atom. The lowest BCUT2D eigenvalue weighted by Gasteiger charge is -2.13. The molecule has 0 aliphatic carbocycles. The lowest BCUT2D eigenvalue weighted by molar-refractivity contribution is 0.539. The fraction of sp³-hybridized carbons (Fsp3) is 0.357. The van der Waals surface area contributed by atoms with Crippen LogP contribution < -0.4 is 5.32 Å². The highest BCUT2D eigenvalue weighted by Gasteiger charge is 2.04. The van der Waals surface area contributed by atoms with Crippen LogP contribution in [0.4, 0.5) is 0 Å². The van der Waals surface area contributed by atoms with Crippen molar-refractivity contribution < 1.29 is 0 Å². The maximum absolute atomic E-state index is 4.46. The number of nitrogens with zero attached hydrogens (tertiary/aromatic N) is 1. The van der Waals surface area contributed by atoms with Crippen molar-refractivity contribution in [3.8, 4) is 0 Å². The summed E-state index contributed by atoms with van der Waals surface area (Å²) in [4.78, 5) is 4.46. The summed E-state index contributed by atoms with van der Waals surface area (Å²) in [6, 6.07) is 10.9. The molecular weight excluding hydrogens is 276 g/mol. The first-order chi connectivity index (χ1) is 8.31. The van der Waals surface area contributed by atoms with Gasteiger partial charge in [0.15, 0.2) is 0 Å². The molecule has 0 aliphatic rings. The van der Waals surface area contributed by atoms with Gasteiger partial charge in [0.05, 0.1) is 5.52 Å². The lowest BCUT2D eigenvalue weighted by atomic mass is 10.1. The van der Waals surface area contributed by atoms with Gasteiger partial charge in [-0.3, -0.25) is 4.98 Å². The van der Waals surface area contributed by atoms with Crippen molar-refractivity contribution in [1.29, 1.82) is 0 Å². The Labute approximate surface area is 111 Å². The van der Waals surface area contributed by atoms with E-state index >= 15 is 0 Å². The third-order valence-electron chi connectivity index (χ3n) is 2.90. The van der Waals surface area contributed by atoms with Crippen LogP contribution in [0.2, 0.25) is 0 Å². The van der Waals surface area contributed by atoms with Crippen LogP contribution in [0.3, 0.4) is 0 Å². The number of benzene rings is 1. The Morgan fingerprint density at radius 1 is 1.29 bits per heavy atom. The molecule has 0 fully saturated rings. The second-order valence-electron chi connectivity index (χ2n) is 4.25. The maximum atomic E-state index is 4.46. The second-order valence-corrected chi connectivity index (χ2v) is 5.04. The SMILES string of the molecule is CC(CCBr)NCc1cccc2cccnc12. The van der Waals surface area contributed by atoms with Crippen LogP contribution >= 0.6 is 15.9 Å². The molecule has 1 atom stereocenters. The summed E-state index contributed by atoms with van der Waals surface area (Å²) in [7, 11) is 0. The van der Waals surface area contributed by atoms with Crippen LogP contribution in [0.25, 0.3) is 10.9 Å². The number of aromatic nitrogens is 1. The molecule has 0 amide bonds. The monoisotopic (exact) mass is 292 g/mol. The number of pyridine rings is 1. The van der Waals surface area contributed by atoms with Crippen molar-refractivity contribution in [3.63, 3.8) is 0 Å². The van der Waals surface area contributed by atoms with E-state index in [2.05, 4.69) is 57.4 Å². The minimum Gasteiger partial charge on any atom is -0.310 e. The zero-order valence-corrected chi connectivity index (χ0v) is 11.6. The van der Waals surface area contributed by atoms with Crippen LogP contribution in [0.15, 0.2) is 36.5 Å². The van der Waals surface area contributed by atoms with Crippen molar-refractivity contribution >= 4 is 26.8 Å². The van der Waals surface area contributed by atoms with E-state index in [-0.39, 0.29) is 0 Å². The fourth-order valence-electron chi connectivity index (χ4n) is 1.86. The van der Waals surface area contributed by atoms with E-state index in [1.165, 1.54) is 10.9 Å². The van der Waals surface area contributed by atoms with E-state index < -0.39 is 0 Å². The van der Waals surface area contributed by atoms with E-state index in [1.54, 1.807) is 0 Å². The number of alkyl halides is 1. The molecule has 1 heterocycles. The van der Waals surface area contributed by atoms with Crippen LogP contribution in [0, 0.1) is 0 Å². The van der Waals surface area contributed by atoms with E-state index in [0.29, 0.717) is 6.04 Å². The molecule has 90 valence electrons. The minimum absolute atomic E-state index is 0.522. The Morgan fingerprint density at radius 2 is 2.12 bits per heavy atom. The van der Waals surface area contributed by atoms with Gasteiger partial charge in [-0.25, -0.2) is 0 Å². The zero-order valence-electron chi connectivity index (χ0n) is 9.99. The standard InChI is InChI=1S/C14H17BrN2/c1-11(7-8-15)17-10-13-5-2-4-12-6-3-9-16-14(12)13/h2-6,9,11,17H,7-8,10H2,1H3. The zero-order chi connectivity index (χ0) is 12.1. The molecule has 1 aromatic carbocycles. The number of rotatable bonds is 5. The first-order valence-electron chi connectivity index (χ1n) is 5.93. The van der Waals surface area contributed by atoms with Gasteiger partial charge in [-0.05, 0) is 25.0 Å². The number of para-hydroxylation sites is 1. The summed E-state index contributed by atoms with van der Waals surface area (Å²) >= 11 is 3.46. The number of nitrogens with one attached hydrogen (secondary N) is 1. The first-order valence-corrected chi connectivity index (χ1v) is 7.05. The van der Waals surface area contributed by atoms with E-state index in [1.807, 2.05) is 12.3 Å². The van der Waals surface area contributed by atoms with Gasteiger partial charge in [0.2, 0.25) is 0 Å². The normalized spacial score (nSPS) is 12.8. The molecule has 2 aromatic rings. The summed E-state index contributed by atoms with van der Waals surface area (Å²) in [5, 5.41) is 5.77. The predicted octanol–water partition coefficient (Wildman–Crippen LogP) is 3.50. The number of hydrogen-bond donors (Lipinski definition) is 1. The smallest absolute Gasteiger partial charge is 0.0746 e. The molecule has 0 spiro atoms. The third kappa shape index (κ3) is 3.27. The van der Waals surface area contributed by atoms with Crippen LogP contribution in [-0.2, 0) is 6.54 Å². The Bertz CT molecular complexity index is 479. The van der Waals surface area contributed by atoms with E-state index in [9.17, 15) is 0 Å². The van der Waals surface area contributed by atoms with Crippen LogP contribution in [0.5, 0.6) is 0 Å². The van der Waals surface area contributed by atoms with Gasteiger partial charge in [-0.2, -0.15) is 0 Å². The Kier molecular flexibility index (Phi) is 4.51. The molecular formula is C14H17BrN2. The molecule has 1 aromatic heterocycles. The quantitative estimate of drug-likeness (QED) is 0.853. The molecule has 0 bridgehead atoms. The van der Waals surface area contributed by atoms with Crippen molar-refractivity contribution in [3.05, 3.63) is 42.1 Å². The van der Waals surface area contributed by atoms with Crippen LogP contribution in [0.1, 0.15) is 18.9 Å². The highest BCUT2D eigenvalue weighted by molar-refractivity contribution is 9.09. The summed E-state index contributed by atoms with van der Waals surface area (Å²) < 4.78 is 0. The average Bonchev–Trinajstić information content (AvgIpc) is 2.36. The van der Waals surface area contributed by atoms with Crippen molar-refractivity contribution in [2.45, 2.75) is 25.9 Å². The Balaban J connectivity index is 2.13. The van der Waals surface area contributed by atoms with Crippen molar-refractivity contribution in [2.24, 2.45) is 0 Å². The molecule has 0 saturated carbocycles. The van der Waals surface area contributed by atoms with Gasteiger partial charge in [-0.15, -0.1) is 0 Å². The molecule has 1 N–H and O–H groups in total. The predicted molar refractivity (Wildman–Crippen MR) is 76.5 cm³/mol. The molecule has 3 heteroatoms. The van der Waals surface area contributed by atoms with Gasteiger partial charge in [0.25, 0.3) is 0 Å². The number of hydrogen-bond acceptors (Lipinski definition) is 2. The summed E-state index contributed by atoms with van der Waals surface area (Å²) in [6.45, 7) is 3.09. The second kappa shape index (κ2) is 6.12. The molecule has 0 radical (unpaired) electrons. The highest BCUT2D eigenvalue weighted by Crippen LogP contribution is 2.15. The third-order valence-corrected chi connectivity index (χ3v) is 3.36. The summed E-state index contributed by atoms with van der Waals surface area (Å²) in [5.74, 6) is 0. The number of halogens is 1. The van der Waals surface area contributed by atoms with Gasteiger partial charge in [0.1, 0.15) is 0 Å². The fourth-order valence-corrected chi connectivity index (χ4v) is 2.55. The van der Waals surface area contributed by atoms with E-state index in [0.717, 1.165) is 23.8 Å². The van der Waals surface area contributed by atoms with Gasteiger partial charge < -0.3 is 5.32 Å². The Hall–Kier alpha value is -0.930. The van der Waals surface area contributed by atoms with Gasteiger partial charge in [0, 0.05) is 29.5 Å². The lowest BCUT2D eigenvalue weighted by Crippen LogP contribution is -2.25. The summed E-state index contributed by atoms with van der Waals surface area (Å²) in [5.41, 5.74) is 2.37. The molecule has 0 aliphatic heterocycles.